The molecule has 9 heteroatoms. The Balaban J connectivity index is 1.62. The molecule has 1 atom stereocenters. The number of carbonyl (C=O) groups is 2. The first-order valence-corrected chi connectivity index (χ1v) is 11.4. The number of hydrogen-bond acceptors (Lipinski definition) is 7. The van der Waals surface area contributed by atoms with Crippen molar-refractivity contribution in [1.82, 2.24) is 9.78 Å². The Morgan fingerprint density at radius 1 is 1.12 bits per heavy atom. The van der Waals surface area contributed by atoms with E-state index < -0.39 is 0 Å². The molecule has 1 amide bonds. The summed E-state index contributed by atoms with van der Waals surface area (Å²) in [6, 6.07) is 14.1. The molecule has 1 aliphatic heterocycles. The van der Waals surface area contributed by atoms with E-state index in [1.54, 1.807) is 50.4 Å². The van der Waals surface area contributed by atoms with Crippen molar-refractivity contribution in [2.24, 2.45) is 5.92 Å². The summed E-state index contributed by atoms with van der Waals surface area (Å²) in [5.41, 5.74) is 0.247. The van der Waals surface area contributed by atoms with Crippen molar-refractivity contribution in [3.63, 3.8) is 0 Å². The molecule has 0 aliphatic carbocycles. The van der Waals surface area contributed by atoms with Crippen LogP contribution < -0.4 is 20.5 Å². The molecule has 0 bridgehead atoms. The number of fused-ring (bicyclic) bond motifs is 1. The van der Waals surface area contributed by atoms with E-state index in [2.05, 4.69) is 10.4 Å². The Labute approximate surface area is 197 Å². The highest BCUT2D eigenvalue weighted by Gasteiger charge is 2.29. The average Bonchev–Trinajstić information content (AvgIpc) is 2.86. The first-order chi connectivity index (χ1) is 16.5. The highest BCUT2D eigenvalue weighted by molar-refractivity contribution is 5.93. The zero-order valence-corrected chi connectivity index (χ0v) is 19.3. The van der Waals surface area contributed by atoms with E-state index in [-0.39, 0.29) is 29.9 Å². The number of carbonyl (C=O) groups excluding carboxylic acids is 2. The van der Waals surface area contributed by atoms with Gasteiger partial charge in [0.2, 0.25) is 5.91 Å². The monoisotopic (exact) mass is 464 g/mol. The standard InChI is InChI=1S/C25H28N4O5/c1-3-34-25(32)17-7-6-14-28(15-17)23-20-8-4-5-9-21(20)24(31)29(27-23)16-22(30)26-18-10-12-19(33-2)13-11-18/h4-5,8-13,17H,3,6-7,14-16H2,1-2H3,(H,26,30)/t17-/m0/s1. The molecule has 0 spiro atoms. The number of piperidine rings is 1. The van der Waals surface area contributed by atoms with E-state index in [0.717, 1.165) is 12.8 Å². The maximum atomic E-state index is 13.1. The molecule has 1 N–H and O–H groups in total. The van der Waals surface area contributed by atoms with Gasteiger partial charge < -0.3 is 19.7 Å². The maximum absolute atomic E-state index is 13.1. The van der Waals surface area contributed by atoms with Crippen molar-refractivity contribution in [1.29, 1.82) is 0 Å². The van der Waals surface area contributed by atoms with Gasteiger partial charge in [-0.05, 0) is 50.1 Å². The minimum absolute atomic E-state index is 0.219. The van der Waals surface area contributed by atoms with Gasteiger partial charge in [0.05, 0.1) is 25.0 Å². The van der Waals surface area contributed by atoms with Gasteiger partial charge in [-0.1, -0.05) is 18.2 Å². The number of rotatable bonds is 7. The Bertz CT molecular complexity index is 1240. The summed E-state index contributed by atoms with van der Waals surface area (Å²) in [4.78, 5) is 40.2. The summed E-state index contributed by atoms with van der Waals surface area (Å²) in [7, 11) is 1.57. The highest BCUT2D eigenvalue weighted by Crippen LogP contribution is 2.27. The van der Waals surface area contributed by atoms with E-state index in [1.807, 2.05) is 17.0 Å². The van der Waals surface area contributed by atoms with Crippen molar-refractivity contribution >= 4 is 34.2 Å². The van der Waals surface area contributed by atoms with Crippen molar-refractivity contribution in [3.8, 4) is 5.75 Å². The average molecular weight is 465 g/mol. The van der Waals surface area contributed by atoms with Crippen LogP contribution in [0.5, 0.6) is 5.75 Å². The van der Waals surface area contributed by atoms with Gasteiger partial charge in [0.1, 0.15) is 12.3 Å². The predicted molar refractivity (Wildman–Crippen MR) is 129 cm³/mol. The minimum atomic E-state index is -0.371. The number of anilines is 2. The van der Waals surface area contributed by atoms with Crippen LogP contribution in [0.4, 0.5) is 11.5 Å². The van der Waals surface area contributed by atoms with Gasteiger partial charge in [-0.3, -0.25) is 14.4 Å². The van der Waals surface area contributed by atoms with Gasteiger partial charge >= 0.3 is 5.97 Å². The Kier molecular flexibility index (Phi) is 7.10. The normalized spacial score (nSPS) is 15.7. The molecular formula is C25H28N4O5. The van der Waals surface area contributed by atoms with Crippen LogP contribution in [0.15, 0.2) is 53.3 Å². The van der Waals surface area contributed by atoms with Crippen LogP contribution in [-0.2, 0) is 20.9 Å². The third-order valence-corrected chi connectivity index (χ3v) is 5.86. The zero-order chi connectivity index (χ0) is 24.1. The quantitative estimate of drug-likeness (QED) is 0.537. The summed E-state index contributed by atoms with van der Waals surface area (Å²) in [5.74, 6) is 0.417. The van der Waals surface area contributed by atoms with Gasteiger partial charge in [0, 0.05) is 24.2 Å². The second-order valence-corrected chi connectivity index (χ2v) is 8.15. The lowest BCUT2D eigenvalue weighted by molar-refractivity contribution is -0.148. The number of ether oxygens (including phenoxy) is 2. The smallest absolute Gasteiger partial charge is 0.310 e. The molecule has 178 valence electrons. The molecule has 2 aromatic carbocycles. The molecule has 0 unspecified atom stereocenters. The number of methoxy groups -OCH3 is 1. The third kappa shape index (κ3) is 5.03. The van der Waals surface area contributed by atoms with Gasteiger partial charge in [0.25, 0.3) is 5.56 Å². The molecule has 4 rings (SSSR count). The van der Waals surface area contributed by atoms with E-state index in [0.29, 0.717) is 47.7 Å². The van der Waals surface area contributed by atoms with Crippen LogP contribution in [0.1, 0.15) is 19.8 Å². The van der Waals surface area contributed by atoms with E-state index in [9.17, 15) is 14.4 Å². The lowest BCUT2D eigenvalue weighted by Gasteiger charge is -2.33. The van der Waals surface area contributed by atoms with Crippen molar-refractivity contribution < 1.29 is 19.1 Å². The highest BCUT2D eigenvalue weighted by atomic mass is 16.5. The fourth-order valence-electron chi connectivity index (χ4n) is 4.19. The van der Waals surface area contributed by atoms with Crippen LogP contribution in [-0.4, -0.2) is 48.5 Å². The van der Waals surface area contributed by atoms with Crippen LogP contribution >= 0.6 is 0 Å². The summed E-state index contributed by atoms with van der Waals surface area (Å²) in [5, 5.41) is 8.53. The van der Waals surface area contributed by atoms with Gasteiger partial charge in [-0.25, -0.2) is 4.68 Å². The number of nitrogens with one attached hydrogen (secondary N) is 1. The van der Waals surface area contributed by atoms with Gasteiger partial charge in [-0.15, -0.1) is 0 Å². The van der Waals surface area contributed by atoms with E-state index in [1.165, 1.54) is 4.68 Å². The molecule has 3 aromatic rings. The van der Waals surface area contributed by atoms with E-state index in [4.69, 9.17) is 9.47 Å². The number of aromatic nitrogens is 2. The van der Waals surface area contributed by atoms with Crippen LogP contribution in [0, 0.1) is 5.92 Å². The van der Waals surface area contributed by atoms with Crippen molar-refractivity contribution in [2.75, 3.05) is 37.0 Å². The Morgan fingerprint density at radius 3 is 2.56 bits per heavy atom. The number of nitrogens with zero attached hydrogens (tertiary/aromatic N) is 3. The van der Waals surface area contributed by atoms with Crippen LogP contribution in [0.2, 0.25) is 0 Å². The second-order valence-electron chi connectivity index (χ2n) is 8.15. The SMILES string of the molecule is CCOC(=O)[C@H]1CCCN(c2nn(CC(=O)Nc3ccc(OC)cc3)c(=O)c3ccccc23)C1. The van der Waals surface area contributed by atoms with Crippen LogP contribution in [0.3, 0.4) is 0 Å². The maximum Gasteiger partial charge on any atom is 0.310 e. The first kappa shape index (κ1) is 23.3. The summed E-state index contributed by atoms with van der Waals surface area (Å²) in [6.07, 6.45) is 1.55. The van der Waals surface area contributed by atoms with Crippen molar-refractivity contribution in [2.45, 2.75) is 26.3 Å². The number of esters is 1. The number of amides is 1. The van der Waals surface area contributed by atoms with Crippen molar-refractivity contribution in [3.05, 3.63) is 58.9 Å². The molecule has 0 radical (unpaired) electrons. The molecule has 0 saturated carbocycles. The Hall–Kier alpha value is -3.88. The second kappa shape index (κ2) is 10.4. The molecule has 2 heterocycles. The minimum Gasteiger partial charge on any atom is -0.497 e. The molecule has 1 aromatic heterocycles. The predicted octanol–water partition coefficient (Wildman–Crippen LogP) is 2.82. The largest absolute Gasteiger partial charge is 0.497 e. The fraction of sp³-hybridized carbons (Fsp3) is 0.360. The lowest BCUT2D eigenvalue weighted by Crippen LogP contribution is -2.41. The molecule has 34 heavy (non-hydrogen) atoms. The summed E-state index contributed by atoms with van der Waals surface area (Å²) >= 11 is 0. The summed E-state index contributed by atoms with van der Waals surface area (Å²) < 4.78 is 11.5. The molecule has 9 nitrogen and oxygen atoms in total. The number of benzene rings is 2. The van der Waals surface area contributed by atoms with Crippen LogP contribution in [0.25, 0.3) is 10.8 Å². The molecule has 1 saturated heterocycles. The Morgan fingerprint density at radius 2 is 1.85 bits per heavy atom. The fourth-order valence-corrected chi connectivity index (χ4v) is 4.19. The van der Waals surface area contributed by atoms with Gasteiger partial charge in [-0.2, -0.15) is 5.10 Å². The molecule has 1 aliphatic rings. The topological polar surface area (TPSA) is 103 Å². The molecular weight excluding hydrogens is 436 g/mol. The first-order valence-electron chi connectivity index (χ1n) is 11.4. The molecule has 1 fully saturated rings. The zero-order valence-electron chi connectivity index (χ0n) is 19.3. The summed E-state index contributed by atoms with van der Waals surface area (Å²) in [6.45, 7) is 3.04. The third-order valence-electron chi connectivity index (χ3n) is 5.86. The number of hydrogen-bond donors (Lipinski definition) is 1. The van der Waals surface area contributed by atoms with E-state index >= 15 is 0 Å². The lowest BCUT2D eigenvalue weighted by atomic mass is 9.98. The van der Waals surface area contributed by atoms with Gasteiger partial charge in [0.15, 0.2) is 5.82 Å².